The fourth-order valence-corrected chi connectivity index (χ4v) is 13.5. The van der Waals surface area contributed by atoms with Crippen LogP contribution in [0.5, 0.6) is 0 Å². The van der Waals surface area contributed by atoms with E-state index in [0.717, 1.165) is 39.1 Å². The summed E-state index contributed by atoms with van der Waals surface area (Å²) in [5, 5.41) is 14.7. The first-order valence-electron chi connectivity index (χ1n) is 25.8. The first-order valence-corrected chi connectivity index (χ1v) is 25.8. The smallest absolute Gasteiger partial charge is 0.0725 e. The predicted octanol–water partition coefficient (Wildman–Crippen LogP) is 18.3. The highest BCUT2D eigenvalue weighted by atomic mass is 15.0. The zero-order valence-corrected chi connectivity index (χ0v) is 40.3. The van der Waals surface area contributed by atoms with Crippen molar-refractivity contribution in [3.63, 3.8) is 0 Å². The highest BCUT2D eigenvalue weighted by Crippen LogP contribution is 2.52. The summed E-state index contributed by atoms with van der Waals surface area (Å²) >= 11 is 0. The molecule has 8 aromatic heterocycles. The first kappa shape index (κ1) is 39.5. The minimum Gasteiger partial charge on any atom is -0.308 e. The second kappa shape index (κ2) is 14.3. The monoisotopic (exact) mass is 949 g/mol. The molecule has 18 aromatic rings. The van der Waals surface area contributed by atoms with Crippen LogP contribution in [-0.2, 0) is 0 Å². The van der Waals surface area contributed by atoms with Crippen LogP contribution in [0, 0.1) is 0 Å². The van der Waals surface area contributed by atoms with Gasteiger partial charge in [-0.05, 0) is 88.5 Å². The van der Waals surface area contributed by atoms with E-state index >= 15 is 0 Å². The Balaban J connectivity index is 1.07. The fraction of sp³-hybridized carbons (Fsp3) is 0. The summed E-state index contributed by atoms with van der Waals surface area (Å²) in [6.45, 7) is 0. The summed E-state index contributed by atoms with van der Waals surface area (Å²) in [4.78, 5) is 10.5. The molecule has 5 nitrogen and oxygen atoms in total. The van der Waals surface area contributed by atoms with E-state index in [1.54, 1.807) is 0 Å². The molecule has 75 heavy (non-hydrogen) atoms. The number of hydrogen-bond acceptors (Lipinski definition) is 2. The summed E-state index contributed by atoms with van der Waals surface area (Å²) in [6, 6.07) is 82.7. The lowest BCUT2D eigenvalue weighted by Gasteiger charge is -2.12. The Morgan fingerprint density at radius 1 is 0.213 bits per heavy atom. The molecule has 0 saturated carbocycles. The van der Waals surface area contributed by atoms with Gasteiger partial charge in [-0.15, -0.1) is 0 Å². The third-order valence-electron chi connectivity index (χ3n) is 16.7. The number of nitrogens with zero attached hydrogens (tertiary/aromatic N) is 5. The van der Waals surface area contributed by atoms with Gasteiger partial charge in [-0.3, -0.25) is 9.97 Å². The van der Waals surface area contributed by atoms with E-state index < -0.39 is 0 Å². The molecule has 0 amide bonds. The molecule has 0 aliphatic heterocycles. The quantitative estimate of drug-likeness (QED) is 0.172. The SMILES string of the molecule is c1ccc(-c2cc3c4cc(-c5ccccc5)ncc4n4c5c(-c6ccc7c(c6)c6cccc8c9ccccc9n7c86)c6c(cc5c(c2)c34)c2cc(-c3ccccc3)cc3c4cc(-c5ccccc5)ncc4n6c32)cc1. The van der Waals surface area contributed by atoms with Gasteiger partial charge in [-0.25, -0.2) is 0 Å². The molecule has 0 saturated heterocycles. The first-order chi connectivity index (χ1) is 37.2. The predicted molar refractivity (Wildman–Crippen MR) is 313 cm³/mol. The summed E-state index contributed by atoms with van der Waals surface area (Å²) in [6.07, 6.45) is 4.24. The maximum absolute atomic E-state index is 5.27. The highest BCUT2D eigenvalue weighted by Gasteiger charge is 2.29. The Kier molecular flexibility index (Phi) is 7.54. The van der Waals surface area contributed by atoms with Crippen molar-refractivity contribution in [3.05, 3.63) is 237 Å². The van der Waals surface area contributed by atoms with Gasteiger partial charge in [-0.2, -0.15) is 0 Å². The summed E-state index contributed by atoms with van der Waals surface area (Å²) in [5.74, 6) is 0. The number of pyridine rings is 2. The Morgan fingerprint density at radius 3 is 1.13 bits per heavy atom. The Morgan fingerprint density at radius 2 is 0.600 bits per heavy atom. The topological polar surface area (TPSA) is 39.0 Å². The van der Waals surface area contributed by atoms with Crippen LogP contribution in [-0.4, -0.2) is 23.2 Å². The second-order valence-electron chi connectivity index (χ2n) is 20.5. The van der Waals surface area contributed by atoms with Gasteiger partial charge < -0.3 is 13.2 Å². The lowest BCUT2D eigenvalue weighted by atomic mass is 9.93. The van der Waals surface area contributed by atoms with Crippen molar-refractivity contribution in [2.24, 2.45) is 0 Å². The molecular weight excluding hydrogens is 911 g/mol. The van der Waals surface area contributed by atoms with Crippen LogP contribution in [0.2, 0.25) is 0 Å². The third-order valence-corrected chi connectivity index (χ3v) is 16.7. The van der Waals surface area contributed by atoms with Gasteiger partial charge in [0.25, 0.3) is 0 Å². The number of para-hydroxylation sites is 2. The van der Waals surface area contributed by atoms with Crippen LogP contribution >= 0.6 is 0 Å². The standard InChI is InChI=1S/C70H39N5/c1-5-16-40(17-6-1)45-31-53-51-36-59(42-20-9-3-10-21-42)71-38-63(51)74-67(53)55(33-45)57-35-58-56-34-46(41-18-7-2-8-19-41)32-54-52-37-60(43-22-11-4-12-23-43)72-39-64(52)75(68(54)56)70(58)65(69(57)74)44-28-29-62-50(30-44)49-26-15-25-48-47-24-13-14-27-61(47)73(62)66(48)49/h1-39H. The van der Waals surface area contributed by atoms with E-state index in [-0.39, 0.29) is 0 Å². The minimum atomic E-state index is 0.959. The number of aromatic nitrogens is 5. The molecule has 0 unspecified atom stereocenters. The Labute approximate surface area is 428 Å². The lowest BCUT2D eigenvalue weighted by molar-refractivity contribution is 1.29. The molecular formula is C70H39N5. The van der Waals surface area contributed by atoms with Gasteiger partial charge >= 0.3 is 0 Å². The van der Waals surface area contributed by atoms with Crippen LogP contribution in [0.25, 0.3) is 170 Å². The van der Waals surface area contributed by atoms with Crippen LogP contribution in [0.4, 0.5) is 0 Å². The molecule has 344 valence electrons. The van der Waals surface area contributed by atoms with Gasteiger partial charge in [0.15, 0.2) is 0 Å². The molecule has 0 fully saturated rings. The number of benzene rings is 10. The second-order valence-corrected chi connectivity index (χ2v) is 20.5. The van der Waals surface area contributed by atoms with Gasteiger partial charge in [0.05, 0.1) is 73.4 Å². The Bertz CT molecular complexity index is 5140. The van der Waals surface area contributed by atoms with Gasteiger partial charge in [0.2, 0.25) is 0 Å². The minimum absolute atomic E-state index is 0.959. The lowest BCUT2D eigenvalue weighted by Crippen LogP contribution is -1.93. The molecule has 0 bridgehead atoms. The number of hydrogen-bond donors (Lipinski definition) is 0. The molecule has 5 heteroatoms. The maximum atomic E-state index is 5.27. The normalized spacial score (nSPS) is 12.5. The zero-order valence-electron chi connectivity index (χ0n) is 40.3. The molecule has 18 rings (SSSR count). The van der Waals surface area contributed by atoms with Crippen molar-refractivity contribution in [1.29, 1.82) is 0 Å². The highest BCUT2D eigenvalue weighted by molar-refractivity contribution is 6.34. The number of fused-ring (bicyclic) bond motifs is 18. The molecule has 0 N–H and O–H groups in total. The largest absolute Gasteiger partial charge is 0.308 e. The maximum Gasteiger partial charge on any atom is 0.0725 e. The molecule has 0 aliphatic carbocycles. The summed E-state index contributed by atoms with van der Waals surface area (Å²) in [7, 11) is 0. The molecule has 0 aliphatic rings. The van der Waals surface area contributed by atoms with E-state index in [9.17, 15) is 0 Å². The third kappa shape index (κ3) is 5.16. The average molecular weight is 950 g/mol. The van der Waals surface area contributed by atoms with Crippen molar-refractivity contribution in [2.75, 3.05) is 0 Å². The number of rotatable bonds is 5. The Hall–Kier alpha value is -10.1. The average Bonchev–Trinajstić information content (AvgIpc) is 4.51. The van der Waals surface area contributed by atoms with E-state index in [1.165, 1.54) is 131 Å². The molecule has 0 atom stereocenters. The fourth-order valence-electron chi connectivity index (χ4n) is 13.5. The van der Waals surface area contributed by atoms with Crippen molar-refractivity contribution in [3.8, 4) is 55.9 Å². The van der Waals surface area contributed by atoms with E-state index in [4.69, 9.17) is 9.97 Å². The van der Waals surface area contributed by atoms with Gasteiger partial charge in [0.1, 0.15) is 0 Å². The molecule has 8 heterocycles. The van der Waals surface area contributed by atoms with Crippen LogP contribution in [0.3, 0.4) is 0 Å². The van der Waals surface area contributed by atoms with Crippen LogP contribution in [0.15, 0.2) is 237 Å². The summed E-state index contributed by atoms with van der Waals surface area (Å²) < 4.78 is 7.60. The molecule has 10 aromatic carbocycles. The molecule has 0 radical (unpaired) electrons. The van der Waals surface area contributed by atoms with Crippen molar-refractivity contribution in [1.82, 2.24) is 23.2 Å². The van der Waals surface area contributed by atoms with E-state index in [1.807, 2.05) is 0 Å². The van der Waals surface area contributed by atoms with Gasteiger partial charge in [0, 0.05) is 81.3 Å². The van der Waals surface area contributed by atoms with E-state index in [2.05, 4.69) is 250 Å². The molecule has 0 spiro atoms. The van der Waals surface area contributed by atoms with Crippen molar-refractivity contribution < 1.29 is 0 Å². The van der Waals surface area contributed by atoms with Crippen molar-refractivity contribution in [2.45, 2.75) is 0 Å². The van der Waals surface area contributed by atoms with Gasteiger partial charge in [-0.1, -0.05) is 164 Å². The van der Waals surface area contributed by atoms with Crippen LogP contribution < -0.4 is 0 Å². The van der Waals surface area contributed by atoms with Crippen LogP contribution in [0.1, 0.15) is 0 Å². The van der Waals surface area contributed by atoms with Crippen molar-refractivity contribution >= 4 is 114 Å². The van der Waals surface area contributed by atoms with E-state index in [0.29, 0.717) is 0 Å². The summed E-state index contributed by atoms with van der Waals surface area (Å²) in [5.41, 5.74) is 21.9. The zero-order chi connectivity index (χ0) is 48.6.